The minimum Gasteiger partial charge on any atom is -0.300 e. The predicted molar refractivity (Wildman–Crippen MR) is 61.8 cm³/mol. The first-order chi connectivity index (χ1) is 7.21. The van der Waals surface area contributed by atoms with E-state index in [2.05, 4.69) is 13.8 Å². The zero-order chi connectivity index (χ0) is 12.4. The molecule has 94 valence electrons. The van der Waals surface area contributed by atoms with Crippen LogP contribution in [0.1, 0.15) is 46.0 Å². The summed E-state index contributed by atoms with van der Waals surface area (Å²) in [5, 5.41) is 0. The third-order valence-electron chi connectivity index (χ3n) is 3.59. The van der Waals surface area contributed by atoms with Gasteiger partial charge in [-0.3, -0.25) is 9.35 Å². The van der Waals surface area contributed by atoms with Crippen LogP contribution < -0.4 is 0 Å². The van der Waals surface area contributed by atoms with Gasteiger partial charge >= 0.3 is 0 Å². The van der Waals surface area contributed by atoms with E-state index < -0.39 is 15.9 Å². The Kier molecular flexibility index (Phi) is 4.12. The van der Waals surface area contributed by atoms with Crippen LogP contribution in [0.2, 0.25) is 0 Å². The summed E-state index contributed by atoms with van der Waals surface area (Å²) in [6.45, 7) is 4.31. The number of rotatable bonds is 5. The molecule has 0 aliphatic heterocycles. The first kappa shape index (κ1) is 13.6. The molecule has 5 heteroatoms. The highest BCUT2D eigenvalue weighted by molar-refractivity contribution is 7.85. The van der Waals surface area contributed by atoms with Gasteiger partial charge in [-0.25, -0.2) is 0 Å². The van der Waals surface area contributed by atoms with E-state index in [0.29, 0.717) is 12.3 Å². The minimum absolute atomic E-state index is 0.0578. The van der Waals surface area contributed by atoms with Crippen molar-refractivity contribution < 1.29 is 17.8 Å². The van der Waals surface area contributed by atoms with E-state index in [0.717, 1.165) is 19.3 Å². The van der Waals surface area contributed by atoms with Crippen LogP contribution in [-0.4, -0.2) is 24.5 Å². The molecule has 0 saturated heterocycles. The van der Waals surface area contributed by atoms with E-state index in [1.54, 1.807) is 0 Å². The Hall–Kier alpha value is -0.420. The molecule has 0 aromatic rings. The smallest absolute Gasteiger partial charge is 0.265 e. The van der Waals surface area contributed by atoms with Gasteiger partial charge in [0, 0.05) is 12.8 Å². The van der Waals surface area contributed by atoms with Crippen molar-refractivity contribution in [3.05, 3.63) is 0 Å². The molecule has 1 aliphatic carbocycles. The summed E-state index contributed by atoms with van der Waals surface area (Å²) in [7, 11) is -4.00. The van der Waals surface area contributed by atoms with Gasteiger partial charge in [-0.05, 0) is 24.2 Å². The normalized spacial score (nSPS) is 24.6. The zero-order valence-corrected chi connectivity index (χ0v) is 10.7. The standard InChI is InChI=1S/C11H20O4S/c1-11(2)6-3-4-9(11)8-10(12)5-7-16(13,14)15/h9H,3-8H2,1-2H3,(H,13,14,15). The fourth-order valence-corrected chi connectivity index (χ4v) is 2.88. The van der Waals surface area contributed by atoms with Gasteiger partial charge in [0.15, 0.2) is 0 Å². The molecule has 4 nitrogen and oxygen atoms in total. The lowest BCUT2D eigenvalue weighted by molar-refractivity contribution is -0.120. The van der Waals surface area contributed by atoms with Gasteiger partial charge in [0.1, 0.15) is 5.78 Å². The van der Waals surface area contributed by atoms with Gasteiger partial charge in [0.25, 0.3) is 10.1 Å². The zero-order valence-electron chi connectivity index (χ0n) is 9.90. The van der Waals surface area contributed by atoms with Crippen molar-refractivity contribution in [2.75, 3.05) is 5.75 Å². The van der Waals surface area contributed by atoms with Gasteiger partial charge in [-0.1, -0.05) is 20.3 Å². The monoisotopic (exact) mass is 248 g/mol. The molecule has 1 aliphatic rings. The summed E-state index contributed by atoms with van der Waals surface area (Å²) in [5.41, 5.74) is 0.188. The van der Waals surface area contributed by atoms with Gasteiger partial charge in [0.2, 0.25) is 0 Å². The molecule has 0 amide bonds. The van der Waals surface area contributed by atoms with Gasteiger partial charge in [-0.15, -0.1) is 0 Å². The van der Waals surface area contributed by atoms with E-state index in [4.69, 9.17) is 4.55 Å². The Morgan fingerprint density at radius 3 is 2.50 bits per heavy atom. The van der Waals surface area contributed by atoms with Crippen LogP contribution in [0.3, 0.4) is 0 Å². The molecular weight excluding hydrogens is 228 g/mol. The number of Topliss-reactive ketones (excluding diaryl/α,β-unsaturated/α-hetero) is 1. The topological polar surface area (TPSA) is 71.4 Å². The highest BCUT2D eigenvalue weighted by atomic mass is 32.2. The Morgan fingerprint density at radius 2 is 2.06 bits per heavy atom. The maximum Gasteiger partial charge on any atom is 0.265 e. The van der Waals surface area contributed by atoms with Crippen molar-refractivity contribution >= 4 is 15.9 Å². The molecule has 1 N–H and O–H groups in total. The summed E-state index contributed by atoms with van der Waals surface area (Å²) < 4.78 is 29.6. The van der Waals surface area contributed by atoms with Gasteiger partial charge < -0.3 is 0 Å². The number of ketones is 1. The van der Waals surface area contributed by atoms with Crippen molar-refractivity contribution in [1.29, 1.82) is 0 Å². The summed E-state index contributed by atoms with van der Waals surface area (Å²) in [6, 6.07) is 0. The van der Waals surface area contributed by atoms with Crippen molar-refractivity contribution in [1.82, 2.24) is 0 Å². The van der Waals surface area contributed by atoms with Crippen molar-refractivity contribution in [3.8, 4) is 0 Å². The molecule has 16 heavy (non-hydrogen) atoms. The molecule has 1 unspecified atom stereocenters. The number of hydrogen-bond acceptors (Lipinski definition) is 3. The summed E-state index contributed by atoms with van der Waals surface area (Å²) in [4.78, 5) is 11.6. The molecule has 0 aromatic heterocycles. The lowest BCUT2D eigenvalue weighted by Gasteiger charge is -2.26. The van der Waals surface area contributed by atoms with E-state index in [1.807, 2.05) is 0 Å². The summed E-state index contributed by atoms with van der Waals surface area (Å²) >= 11 is 0. The lowest BCUT2D eigenvalue weighted by Crippen LogP contribution is -2.21. The third-order valence-corrected chi connectivity index (χ3v) is 4.31. The van der Waals surface area contributed by atoms with Crippen LogP contribution in [0.4, 0.5) is 0 Å². The van der Waals surface area contributed by atoms with Crippen LogP contribution in [-0.2, 0) is 14.9 Å². The van der Waals surface area contributed by atoms with Crippen molar-refractivity contribution in [3.63, 3.8) is 0 Å². The fourth-order valence-electron chi connectivity index (χ4n) is 2.40. The van der Waals surface area contributed by atoms with E-state index in [-0.39, 0.29) is 17.6 Å². The average Bonchev–Trinajstić information content (AvgIpc) is 2.42. The van der Waals surface area contributed by atoms with E-state index in [1.165, 1.54) is 0 Å². The SMILES string of the molecule is CC1(C)CCCC1CC(=O)CCS(=O)(=O)O. The Balaban J connectivity index is 2.40. The highest BCUT2D eigenvalue weighted by Crippen LogP contribution is 2.44. The predicted octanol–water partition coefficient (Wildman–Crippen LogP) is 2.05. The van der Waals surface area contributed by atoms with Crippen LogP contribution in [0.5, 0.6) is 0 Å². The van der Waals surface area contributed by atoms with Crippen LogP contribution >= 0.6 is 0 Å². The van der Waals surface area contributed by atoms with E-state index >= 15 is 0 Å². The van der Waals surface area contributed by atoms with Crippen molar-refractivity contribution in [2.24, 2.45) is 11.3 Å². The number of hydrogen-bond donors (Lipinski definition) is 1. The fraction of sp³-hybridized carbons (Fsp3) is 0.909. The number of carbonyl (C=O) groups is 1. The summed E-state index contributed by atoms with van der Waals surface area (Å²) in [6.07, 6.45) is 3.70. The van der Waals surface area contributed by atoms with Gasteiger partial charge in [-0.2, -0.15) is 8.42 Å². The van der Waals surface area contributed by atoms with Gasteiger partial charge in [0.05, 0.1) is 5.75 Å². The highest BCUT2D eigenvalue weighted by Gasteiger charge is 2.35. The summed E-state index contributed by atoms with van der Waals surface area (Å²) in [5.74, 6) is -0.141. The molecule has 1 rings (SSSR count). The molecule has 0 spiro atoms. The third kappa shape index (κ3) is 4.22. The maximum atomic E-state index is 11.6. The molecule has 0 heterocycles. The molecule has 1 atom stereocenters. The van der Waals surface area contributed by atoms with Crippen LogP contribution in [0.15, 0.2) is 0 Å². The Labute approximate surface area is 97.2 Å². The second-order valence-electron chi connectivity index (χ2n) is 5.36. The quantitative estimate of drug-likeness (QED) is 0.756. The molecule has 0 aromatic carbocycles. The Morgan fingerprint density at radius 1 is 1.44 bits per heavy atom. The largest absolute Gasteiger partial charge is 0.300 e. The van der Waals surface area contributed by atoms with E-state index in [9.17, 15) is 13.2 Å². The second kappa shape index (κ2) is 4.84. The second-order valence-corrected chi connectivity index (χ2v) is 6.93. The Bertz CT molecular complexity index is 356. The molecule has 0 bridgehead atoms. The molecule has 1 saturated carbocycles. The average molecular weight is 248 g/mol. The first-order valence-corrected chi connectivity index (χ1v) is 7.28. The maximum absolute atomic E-state index is 11.6. The molecule has 0 radical (unpaired) electrons. The first-order valence-electron chi connectivity index (χ1n) is 5.67. The van der Waals surface area contributed by atoms with Crippen LogP contribution in [0, 0.1) is 11.3 Å². The van der Waals surface area contributed by atoms with Crippen molar-refractivity contribution in [2.45, 2.75) is 46.0 Å². The lowest BCUT2D eigenvalue weighted by atomic mass is 9.79. The number of carbonyl (C=O) groups excluding carboxylic acids is 1. The van der Waals surface area contributed by atoms with Crippen LogP contribution in [0.25, 0.3) is 0 Å². The molecule has 1 fully saturated rings. The minimum atomic E-state index is -4.00. The molecular formula is C11H20O4S.